The number of fused-ring (bicyclic) bond motifs is 1. The average molecular weight is 384 g/mol. The maximum absolute atomic E-state index is 9.67. The van der Waals surface area contributed by atoms with Gasteiger partial charge in [0.05, 0.1) is 35.5 Å². The van der Waals surface area contributed by atoms with Crippen LogP contribution in [0.1, 0.15) is 55.0 Å². The number of aliphatic hydroxyl groups excluding tert-OH is 1. The molecule has 3 aromatic rings. The number of ether oxygens (including phenoxy) is 1. The third-order valence-corrected chi connectivity index (χ3v) is 5.91. The molecule has 7 heteroatoms. The zero-order valence-corrected chi connectivity index (χ0v) is 16.7. The van der Waals surface area contributed by atoms with E-state index in [1.807, 2.05) is 13.8 Å². The first-order chi connectivity index (χ1) is 13.5. The van der Waals surface area contributed by atoms with Gasteiger partial charge in [-0.1, -0.05) is 11.2 Å². The molecule has 0 radical (unpaired) electrons. The number of aromatic nitrogens is 3. The van der Waals surface area contributed by atoms with E-state index in [2.05, 4.69) is 27.9 Å². The fraction of sp³-hybridized carbons (Fsp3) is 0.524. The summed E-state index contributed by atoms with van der Waals surface area (Å²) in [6, 6.07) is 6.05. The Balaban J connectivity index is 1.79. The van der Waals surface area contributed by atoms with Gasteiger partial charge in [0.2, 0.25) is 0 Å². The first-order valence-electron chi connectivity index (χ1n) is 9.87. The van der Waals surface area contributed by atoms with Gasteiger partial charge in [-0.05, 0) is 57.2 Å². The van der Waals surface area contributed by atoms with E-state index < -0.39 is 6.04 Å². The highest BCUT2D eigenvalue weighted by atomic mass is 16.5. The Morgan fingerprint density at radius 2 is 2.04 bits per heavy atom. The minimum absolute atomic E-state index is 0.131. The predicted molar refractivity (Wildman–Crippen MR) is 107 cm³/mol. The van der Waals surface area contributed by atoms with Gasteiger partial charge in [0, 0.05) is 18.7 Å². The number of imidazole rings is 1. The number of hydrogen-bond acceptors (Lipinski definition) is 6. The number of aliphatic hydroxyl groups is 1. The van der Waals surface area contributed by atoms with E-state index in [0.29, 0.717) is 12.1 Å². The van der Waals surface area contributed by atoms with Crippen LogP contribution in [0.2, 0.25) is 0 Å². The van der Waals surface area contributed by atoms with Crippen molar-refractivity contribution in [3.63, 3.8) is 0 Å². The number of benzene rings is 1. The SMILES string of the molecule is COC1CCC(n2c([C@H](N)CO)nc3cc(-c4c(C)noc4C)ccc32)CC1. The molecule has 3 N–H and O–H groups in total. The molecular weight excluding hydrogens is 356 g/mol. The molecule has 2 heterocycles. The van der Waals surface area contributed by atoms with Gasteiger partial charge in [-0.3, -0.25) is 0 Å². The number of rotatable bonds is 5. The summed E-state index contributed by atoms with van der Waals surface area (Å²) in [7, 11) is 1.78. The minimum Gasteiger partial charge on any atom is -0.394 e. The molecule has 1 aliphatic carbocycles. The largest absolute Gasteiger partial charge is 0.394 e. The van der Waals surface area contributed by atoms with Crippen LogP contribution < -0.4 is 5.73 Å². The van der Waals surface area contributed by atoms with Gasteiger partial charge < -0.3 is 24.7 Å². The van der Waals surface area contributed by atoms with Crippen LogP contribution >= 0.6 is 0 Å². The van der Waals surface area contributed by atoms with Crippen LogP contribution in [-0.4, -0.2) is 39.6 Å². The first-order valence-corrected chi connectivity index (χ1v) is 9.87. The molecule has 0 spiro atoms. The summed E-state index contributed by atoms with van der Waals surface area (Å²) < 4.78 is 13.1. The molecule has 7 nitrogen and oxygen atoms in total. The Bertz CT molecular complexity index is 950. The number of nitrogens with zero attached hydrogens (tertiary/aromatic N) is 3. The van der Waals surface area contributed by atoms with Crippen LogP contribution in [0.4, 0.5) is 0 Å². The van der Waals surface area contributed by atoms with Gasteiger partial charge in [0.25, 0.3) is 0 Å². The molecule has 0 unspecified atom stereocenters. The number of hydrogen-bond donors (Lipinski definition) is 2. The Labute approximate surface area is 164 Å². The van der Waals surface area contributed by atoms with Gasteiger partial charge in [-0.2, -0.15) is 0 Å². The average Bonchev–Trinajstić information content (AvgIpc) is 3.26. The lowest BCUT2D eigenvalue weighted by molar-refractivity contribution is 0.0583. The lowest BCUT2D eigenvalue weighted by Gasteiger charge is -2.30. The molecule has 1 fully saturated rings. The normalized spacial score (nSPS) is 21.3. The van der Waals surface area contributed by atoms with Crippen molar-refractivity contribution in [2.24, 2.45) is 5.73 Å². The van der Waals surface area contributed by atoms with Crippen molar-refractivity contribution in [2.45, 2.75) is 57.7 Å². The maximum atomic E-state index is 9.67. The fourth-order valence-electron chi connectivity index (χ4n) is 4.43. The van der Waals surface area contributed by atoms with E-state index >= 15 is 0 Å². The summed E-state index contributed by atoms with van der Waals surface area (Å²) in [6.45, 7) is 3.73. The Kier molecular flexibility index (Phi) is 5.23. The summed E-state index contributed by atoms with van der Waals surface area (Å²) in [6.07, 6.45) is 4.39. The van der Waals surface area contributed by atoms with Crippen molar-refractivity contribution in [3.8, 4) is 11.1 Å². The highest BCUT2D eigenvalue weighted by molar-refractivity contribution is 5.83. The van der Waals surface area contributed by atoms with Gasteiger partial charge >= 0.3 is 0 Å². The summed E-state index contributed by atoms with van der Waals surface area (Å²) in [5.41, 5.74) is 11.0. The second kappa shape index (κ2) is 7.66. The monoisotopic (exact) mass is 384 g/mol. The smallest absolute Gasteiger partial charge is 0.141 e. The molecule has 1 saturated carbocycles. The van der Waals surface area contributed by atoms with E-state index in [4.69, 9.17) is 20.0 Å². The Morgan fingerprint density at radius 1 is 1.29 bits per heavy atom. The third kappa shape index (κ3) is 3.23. The molecule has 150 valence electrons. The van der Waals surface area contributed by atoms with Crippen LogP contribution in [-0.2, 0) is 4.74 Å². The topological polar surface area (TPSA) is 99.3 Å². The van der Waals surface area contributed by atoms with Gasteiger partial charge in [0.1, 0.15) is 11.6 Å². The molecular formula is C21H28N4O3. The molecule has 2 aromatic heterocycles. The van der Waals surface area contributed by atoms with Gasteiger partial charge in [-0.15, -0.1) is 0 Å². The highest BCUT2D eigenvalue weighted by Gasteiger charge is 2.27. The summed E-state index contributed by atoms with van der Waals surface area (Å²) >= 11 is 0. The fourth-order valence-corrected chi connectivity index (χ4v) is 4.43. The van der Waals surface area contributed by atoms with Gasteiger partial charge in [0.15, 0.2) is 0 Å². The van der Waals surface area contributed by atoms with Crippen LogP contribution in [0.15, 0.2) is 22.7 Å². The summed E-state index contributed by atoms with van der Waals surface area (Å²) in [4.78, 5) is 4.82. The second-order valence-electron chi connectivity index (χ2n) is 7.70. The third-order valence-electron chi connectivity index (χ3n) is 5.91. The zero-order valence-electron chi connectivity index (χ0n) is 16.7. The van der Waals surface area contributed by atoms with E-state index in [-0.39, 0.29) is 6.61 Å². The highest BCUT2D eigenvalue weighted by Crippen LogP contribution is 2.36. The van der Waals surface area contributed by atoms with Crippen LogP contribution in [0.3, 0.4) is 0 Å². The van der Waals surface area contributed by atoms with Crippen LogP contribution in [0.25, 0.3) is 22.2 Å². The molecule has 0 saturated heterocycles. The zero-order chi connectivity index (χ0) is 19.8. The molecule has 0 amide bonds. The molecule has 0 aliphatic heterocycles. The van der Waals surface area contributed by atoms with E-state index in [1.165, 1.54) is 0 Å². The predicted octanol–water partition coefficient (Wildman–Crippen LogP) is 3.43. The Morgan fingerprint density at radius 3 is 2.64 bits per heavy atom. The lowest BCUT2D eigenvalue weighted by atomic mass is 9.92. The van der Waals surface area contributed by atoms with E-state index in [0.717, 1.165) is 65.1 Å². The maximum Gasteiger partial charge on any atom is 0.141 e. The summed E-state index contributed by atoms with van der Waals surface area (Å²) in [5.74, 6) is 1.54. The molecule has 1 aromatic carbocycles. The molecule has 0 bridgehead atoms. The van der Waals surface area contributed by atoms with Crippen LogP contribution in [0, 0.1) is 13.8 Å². The van der Waals surface area contributed by atoms with Crippen molar-refractivity contribution in [1.29, 1.82) is 0 Å². The van der Waals surface area contributed by atoms with Crippen molar-refractivity contribution in [3.05, 3.63) is 35.5 Å². The standard InChI is InChI=1S/C21H28N4O3/c1-12-20(13(2)28-24-12)14-4-9-19-18(10-14)23-21(17(22)11-26)25(19)15-5-7-16(27-3)8-6-15/h4,9-10,15-17,26H,5-8,11,22H2,1-3H3/t15?,16?,17-/m1/s1. The molecule has 4 rings (SSSR count). The van der Waals surface area contributed by atoms with Crippen molar-refractivity contribution in [1.82, 2.24) is 14.7 Å². The quantitative estimate of drug-likeness (QED) is 0.699. The van der Waals surface area contributed by atoms with Gasteiger partial charge in [-0.25, -0.2) is 4.98 Å². The number of methoxy groups -OCH3 is 1. The van der Waals surface area contributed by atoms with E-state index in [1.54, 1.807) is 7.11 Å². The van der Waals surface area contributed by atoms with Crippen molar-refractivity contribution in [2.75, 3.05) is 13.7 Å². The molecule has 1 atom stereocenters. The van der Waals surface area contributed by atoms with Crippen molar-refractivity contribution < 1.29 is 14.4 Å². The number of aryl methyl sites for hydroxylation is 2. The number of nitrogens with two attached hydrogens (primary N) is 1. The first kappa shape index (κ1) is 19.1. The molecule has 1 aliphatic rings. The summed E-state index contributed by atoms with van der Waals surface area (Å²) in [5, 5.41) is 13.7. The minimum atomic E-state index is -0.505. The second-order valence-corrected chi connectivity index (χ2v) is 7.70. The molecule has 28 heavy (non-hydrogen) atoms. The lowest BCUT2D eigenvalue weighted by Crippen LogP contribution is -2.27. The van der Waals surface area contributed by atoms with Crippen molar-refractivity contribution >= 4 is 11.0 Å². The van der Waals surface area contributed by atoms with Crippen LogP contribution in [0.5, 0.6) is 0 Å². The van der Waals surface area contributed by atoms with E-state index in [9.17, 15) is 5.11 Å². The Hall–Kier alpha value is -2.22.